The Morgan fingerprint density at radius 2 is 1.70 bits per heavy atom. The van der Waals surface area contributed by atoms with Crippen molar-refractivity contribution < 1.29 is 14.3 Å². The Kier molecular flexibility index (Phi) is 5.18. The number of aryl methyl sites for hydroxylation is 1. The number of nitriles is 1. The Morgan fingerprint density at radius 1 is 1.04 bits per heavy atom. The Morgan fingerprint density at radius 3 is 2.37 bits per heavy atom. The second-order valence-corrected chi connectivity index (χ2v) is 6.13. The van der Waals surface area contributed by atoms with Crippen LogP contribution in [-0.4, -0.2) is 23.8 Å². The largest absolute Gasteiger partial charge is 0.465 e. The summed E-state index contributed by atoms with van der Waals surface area (Å²) in [5.74, 6) is -1.02. The van der Waals surface area contributed by atoms with Crippen LogP contribution in [0.25, 0.3) is 0 Å². The number of ketones is 1. The minimum Gasteiger partial charge on any atom is -0.465 e. The summed E-state index contributed by atoms with van der Waals surface area (Å²) in [5, 5.41) is 9.43. The number of carbonyl (C=O) groups excluding carboxylic acids is 2. The highest BCUT2D eigenvalue weighted by Crippen LogP contribution is 2.25. The highest BCUT2D eigenvalue weighted by Gasteiger charge is 2.28. The average molecular weight is 358 g/mol. The molecular weight excluding hydrogens is 340 g/mol. The van der Waals surface area contributed by atoms with Gasteiger partial charge in [-0.3, -0.25) is 4.79 Å². The van der Waals surface area contributed by atoms with Crippen molar-refractivity contribution in [2.75, 3.05) is 7.11 Å². The monoisotopic (exact) mass is 358 g/mol. The molecular formula is C22H18N2O3. The number of aromatic nitrogens is 1. The van der Waals surface area contributed by atoms with E-state index in [4.69, 9.17) is 4.74 Å². The van der Waals surface area contributed by atoms with Crippen molar-refractivity contribution >= 4 is 11.8 Å². The molecule has 0 saturated carbocycles. The van der Waals surface area contributed by atoms with Crippen LogP contribution in [0.3, 0.4) is 0 Å². The van der Waals surface area contributed by atoms with Gasteiger partial charge >= 0.3 is 5.97 Å². The minimum atomic E-state index is -0.644. The van der Waals surface area contributed by atoms with E-state index in [1.165, 1.54) is 7.11 Å². The number of methoxy groups -OCH3 is 1. The standard InChI is InChI=1S/C22H18N2O3/c1-14-19(22(26)27-2)20(18(13-23)24-14)21(25)17-11-7-6-10-16(17)12-15-8-4-3-5-9-15/h3-11,24H,12H2,1-2H3. The minimum absolute atomic E-state index is 0.0577. The first-order valence-electron chi connectivity index (χ1n) is 8.44. The van der Waals surface area contributed by atoms with Gasteiger partial charge in [-0.2, -0.15) is 5.26 Å². The van der Waals surface area contributed by atoms with Crippen LogP contribution in [-0.2, 0) is 11.2 Å². The summed E-state index contributed by atoms with van der Waals surface area (Å²) in [6, 6.07) is 19.0. The number of hydrogen-bond donors (Lipinski definition) is 1. The van der Waals surface area contributed by atoms with Crippen molar-refractivity contribution in [3.8, 4) is 6.07 Å². The summed E-state index contributed by atoms with van der Waals surface area (Å²) in [6.07, 6.45) is 0.571. The second kappa shape index (κ2) is 7.71. The molecule has 2 aromatic carbocycles. The lowest BCUT2D eigenvalue weighted by atomic mass is 9.92. The molecule has 134 valence electrons. The van der Waals surface area contributed by atoms with E-state index in [0.717, 1.165) is 11.1 Å². The quantitative estimate of drug-likeness (QED) is 0.555. The molecule has 0 bridgehead atoms. The van der Waals surface area contributed by atoms with Gasteiger partial charge < -0.3 is 9.72 Å². The maximum atomic E-state index is 13.3. The number of rotatable bonds is 5. The number of nitrogens with one attached hydrogen (secondary N) is 1. The summed E-state index contributed by atoms with van der Waals surface area (Å²) < 4.78 is 4.81. The molecule has 0 aliphatic heterocycles. The van der Waals surface area contributed by atoms with E-state index in [2.05, 4.69) is 4.98 Å². The van der Waals surface area contributed by atoms with Crippen LogP contribution >= 0.6 is 0 Å². The van der Waals surface area contributed by atoms with Gasteiger partial charge in [0.1, 0.15) is 11.8 Å². The van der Waals surface area contributed by atoms with Gasteiger partial charge in [-0.15, -0.1) is 0 Å². The van der Waals surface area contributed by atoms with E-state index in [1.807, 2.05) is 48.5 Å². The third kappa shape index (κ3) is 3.51. The molecule has 0 unspecified atom stereocenters. The number of aromatic amines is 1. The second-order valence-electron chi connectivity index (χ2n) is 6.13. The summed E-state index contributed by atoms with van der Waals surface area (Å²) >= 11 is 0. The molecule has 27 heavy (non-hydrogen) atoms. The topological polar surface area (TPSA) is 82.9 Å². The zero-order valence-corrected chi connectivity index (χ0v) is 15.1. The molecule has 0 spiro atoms. The SMILES string of the molecule is COC(=O)c1c(C)[nH]c(C#N)c1C(=O)c1ccccc1Cc1ccccc1. The van der Waals surface area contributed by atoms with Gasteiger partial charge in [0.25, 0.3) is 0 Å². The molecule has 5 heteroatoms. The molecule has 0 aliphatic carbocycles. The fourth-order valence-electron chi connectivity index (χ4n) is 3.14. The fraction of sp³-hybridized carbons (Fsp3) is 0.136. The lowest BCUT2D eigenvalue weighted by Gasteiger charge is -2.10. The number of esters is 1. The molecule has 1 aromatic heterocycles. The van der Waals surface area contributed by atoms with Crippen LogP contribution in [0.5, 0.6) is 0 Å². The number of ether oxygens (including phenoxy) is 1. The van der Waals surface area contributed by atoms with Crippen molar-refractivity contribution in [1.82, 2.24) is 4.98 Å². The first kappa shape index (κ1) is 18.2. The van der Waals surface area contributed by atoms with Gasteiger partial charge in [0.15, 0.2) is 5.78 Å². The molecule has 0 atom stereocenters. The van der Waals surface area contributed by atoms with Crippen LogP contribution in [0.2, 0.25) is 0 Å². The maximum absolute atomic E-state index is 13.3. The van der Waals surface area contributed by atoms with E-state index < -0.39 is 5.97 Å². The van der Waals surface area contributed by atoms with Gasteiger partial charge in [-0.05, 0) is 24.5 Å². The highest BCUT2D eigenvalue weighted by molar-refractivity contribution is 6.17. The van der Waals surface area contributed by atoms with Crippen molar-refractivity contribution in [1.29, 1.82) is 5.26 Å². The number of hydrogen-bond acceptors (Lipinski definition) is 4. The maximum Gasteiger partial charge on any atom is 0.340 e. The predicted molar refractivity (Wildman–Crippen MR) is 101 cm³/mol. The summed E-state index contributed by atoms with van der Waals surface area (Å²) in [7, 11) is 1.25. The van der Waals surface area contributed by atoms with Crippen LogP contribution in [0.4, 0.5) is 0 Å². The molecule has 3 aromatic rings. The normalized spacial score (nSPS) is 10.3. The smallest absolute Gasteiger partial charge is 0.340 e. The third-order valence-electron chi connectivity index (χ3n) is 4.42. The van der Waals surface area contributed by atoms with Crippen molar-refractivity contribution in [2.24, 2.45) is 0 Å². The van der Waals surface area contributed by atoms with Gasteiger partial charge in [-0.25, -0.2) is 4.79 Å². The third-order valence-corrected chi connectivity index (χ3v) is 4.42. The molecule has 0 aliphatic rings. The van der Waals surface area contributed by atoms with E-state index in [1.54, 1.807) is 19.1 Å². The first-order chi connectivity index (χ1) is 13.1. The molecule has 0 fully saturated rings. The van der Waals surface area contributed by atoms with Gasteiger partial charge in [0.05, 0.1) is 18.2 Å². The van der Waals surface area contributed by atoms with E-state index in [0.29, 0.717) is 17.7 Å². The van der Waals surface area contributed by atoms with Gasteiger partial charge in [-0.1, -0.05) is 54.6 Å². The van der Waals surface area contributed by atoms with E-state index >= 15 is 0 Å². The zero-order valence-electron chi connectivity index (χ0n) is 15.1. The first-order valence-corrected chi connectivity index (χ1v) is 8.44. The van der Waals surface area contributed by atoms with Crippen LogP contribution in [0.15, 0.2) is 54.6 Å². The highest BCUT2D eigenvalue weighted by atomic mass is 16.5. The van der Waals surface area contributed by atoms with Gasteiger partial charge in [0, 0.05) is 11.3 Å². The summed E-state index contributed by atoms with van der Waals surface area (Å²) in [5.41, 5.74) is 3.01. The molecule has 3 rings (SSSR count). The number of benzene rings is 2. The molecule has 1 heterocycles. The zero-order chi connectivity index (χ0) is 19.4. The summed E-state index contributed by atoms with van der Waals surface area (Å²) in [6.45, 7) is 1.64. The van der Waals surface area contributed by atoms with Crippen LogP contribution < -0.4 is 0 Å². The Labute approximate surface area is 157 Å². The lowest BCUT2D eigenvalue weighted by molar-refractivity contribution is 0.0597. The molecule has 1 N–H and O–H groups in total. The number of nitrogens with zero attached hydrogens (tertiary/aromatic N) is 1. The lowest BCUT2D eigenvalue weighted by Crippen LogP contribution is -2.13. The van der Waals surface area contributed by atoms with Crippen molar-refractivity contribution in [2.45, 2.75) is 13.3 Å². The predicted octanol–water partition coefficient (Wildman–Crippen LogP) is 3.80. The van der Waals surface area contributed by atoms with Crippen molar-refractivity contribution in [3.05, 3.63) is 93.8 Å². The summed E-state index contributed by atoms with van der Waals surface area (Å²) in [4.78, 5) is 28.3. The average Bonchev–Trinajstić information content (AvgIpc) is 3.04. The Balaban J connectivity index is 2.11. The Bertz CT molecular complexity index is 1040. The van der Waals surface area contributed by atoms with E-state index in [-0.39, 0.29) is 22.6 Å². The van der Waals surface area contributed by atoms with Crippen LogP contribution in [0.1, 0.15) is 48.8 Å². The van der Waals surface area contributed by atoms with Crippen LogP contribution in [0, 0.1) is 18.3 Å². The molecule has 0 amide bonds. The fourth-order valence-corrected chi connectivity index (χ4v) is 3.14. The Hall–Kier alpha value is -3.65. The molecule has 0 radical (unpaired) electrons. The molecule has 0 saturated heterocycles. The number of H-pyrrole nitrogens is 1. The molecule has 5 nitrogen and oxygen atoms in total. The van der Waals surface area contributed by atoms with E-state index in [9.17, 15) is 14.9 Å². The number of carbonyl (C=O) groups is 2. The van der Waals surface area contributed by atoms with Crippen molar-refractivity contribution in [3.63, 3.8) is 0 Å². The van der Waals surface area contributed by atoms with Gasteiger partial charge in [0.2, 0.25) is 0 Å².